The summed E-state index contributed by atoms with van der Waals surface area (Å²) in [5.74, 6) is -0.796. The Kier molecular flexibility index (Phi) is 4.24. The highest BCUT2D eigenvalue weighted by atomic mass is 16.5. The number of carboxylic acid groups (broad SMARTS) is 1. The first-order valence-electron chi connectivity index (χ1n) is 4.79. The van der Waals surface area contributed by atoms with Crippen molar-refractivity contribution in [3.63, 3.8) is 0 Å². The lowest BCUT2D eigenvalue weighted by molar-refractivity contribution is -0.137. The monoisotopic (exact) mass is 209 g/mol. The van der Waals surface area contributed by atoms with Gasteiger partial charge in [-0.2, -0.15) is 0 Å². The molecule has 0 aliphatic carbocycles. The molecule has 0 aliphatic heterocycles. The highest BCUT2D eigenvalue weighted by molar-refractivity contribution is 5.67. The average Bonchev–Trinajstić information content (AvgIpc) is 2.18. The minimum Gasteiger partial charge on any atom is -0.481 e. The molecule has 0 saturated heterocycles. The zero-order chi connectivity index (χ0) is 11.3. The van der Waals surface area contributed by atoms with E-state index in [0.717, 1.165) is 11.3 Å². The lowest BCUT2D eigenvalue weighted by Gasteiger charge is -2.08. The lowest BCUT2D eigenvalue weighted by atomic mass is 9.99. The predicted octanol–water partition coefficient (Wildman–Crippen LogP) is 1.81. The summed E-state index contributed by atoms with van der Waals surface area (Å²) in [6, 6.07) is 3.76. The molecule has 0 amide bonds. The molecule has 1 aromatic rings. The molecule has 0 saturated carbocycles. The van der Waals surface area contributed by atoms with Crippen molar-refractivity contribution in [3.8, 4) is 0 Å². The molecule has 1 unspecified atom stereocenters. The Hall–Kier alpha value is -1.42. The fourth-order valence-electron chi connectivity index (χ4n) is 1.34. The van der Waals surface area contributed by atoms with Crippen molar-refractivity contribution in [2.45, 2.75) is 25.9 Å². The van der Waals surface area contributed by atoms with Crippen LogP contribution in [-0.2, 0) is 16.1 Å². The molecule has 4 nitrogen and oxygen atoms in total. The van der Waals surface area contributed by atoms with E-state index in [0.29, 0.717) is 6.61 Å². The Morgan fingerprint density at radius 2 is 2.33 bits per heavy atom. The number of rotatable bonds is 5. The van der Waals surface area contributed by atoms with Crippen LogP contribution in [0.15, 0.2) is 18.3 Å². The Morgan fingerprint density at radius 3 is 2.80 bits per heavy atom. The van der Waals surface area contributed by atoms with Gasteiger partial charge in [0.05, 0.1) is 18.7 Å². The van der Waals surface area contributed by atoms with Gasteiger partial charge in [0.1, 0.15) is 0 Å². The third kappa shape index (κ3) is 3.67. The smallest absolute Gasteiger partial charge is 0.303 e. The molecule has 1 aromatic heterocycles. The minimum atomic E-state index is -0.788. The van der Waals surface area contributed by atoms with E-state index in [2.05, 4.69) is 4.98 Å². The third-order valence-electron chi connectivity index (χ3n) is 2.19. The molecule has 0 aromatic carbocycles. The van der Waals surface area contributed by atoms with Crippen LogP contribution in [0.25, 0.3) is 0 Å². The molecule has 82 valence electrons. The van der Waals surface area contributed by atoms with E-state index in [1.165, 1.54) is 0 Å². The zero-order valence-electron chi connectivity index (χ0n) is 8.93. The minimum absolute atomic E-state index is 0.00778. The van der Waals surface area contributed by atoms with E-state index in [1.54, 1.807) is 13.3 Å². The van der Waals surface area contributed by atoms with Crippen molar-refractivity contribution in [1.82, 2.24) is 4.98 Å². The number of carbonyl (C=O) groups is 1. The Labute approximate surface area is 88.9 Å². The average molecular weight is 209 g/mol. The highest BCUT2D eigenvalue weighted by Gasteiger charge is 2.10. The van der Waals surface area contributed by atoms with Gasteiger partial charge in [-0.15, -0.1) is 0 Å². The van der Waals surface area contributed by atoms with Gasteiger partial charge < -0.3 is 9.84 Å². The van der Waals surface area contributed by atoms with Crippen LogP contribution in [0, 0.1) is 0 Å². The van der Waals surface area contributed by atoms with E-state index in [4.69, 9.17) is 9.84 Å². The quantitative estimate of drug-likeness (QED) is 0.803. The number of aliphatic carboxylic acids is 1. The number of ether oxygens (including phenoxy) is 1. The van der Waals surface area contributed by atoms with Gasteiger partial charge in [-0.1, -0.05) is 13.0 Å². The number of methoxy groups -OCH3 is 1. The topological polar surface area (TPSA) is 59.4 Å². The number of carboxylic acids is 1. The van der Waals surface area contributed by atoms with Crippen LogP contribution < -0.4 is 0 Å². The van der Waals surface area contributed by atoms with Gasteiger partial charge in [-0.25, -0.2) is 0 Å². The molecule has 0 fully saturated rings. The van der Waals surface area contributed by atoms with Crippen LogP contribution in [0.4, 0.5) is 0 Å². The first kappa shape index (κ1) is 11.7. The van der Waals surface area contributed by atoms with Gasteiger partial charge in [-0.05, 0) is 17.5 Å². The van der Waals surface area contributed by atoms with Crippen molar-refractivity contribution in [2.24, 2.45) is 0 Å². The van der Waals surface area contributed by atoms with Gasteiger partial charge in [0.2, 0.25) is 0 Å². The molecule has 1 rings (SSSR count). The summed E-state index contributed by atoms with van der Waals surface area (Å²) in [5.41, 5.74) is 1.79. The molecule has 0 spiro atoms. The Morgan fingerprint density at radius 1 is 1.60 bits per heavy atom. The van der Waals surface area contributed by atoms with Crippen LogP contribution in [0.5, 0.6) is 0 Å². The number of pyridine rings is 1. The van der Waals surface area contributed by atoms with Crippen LogP contribution in [-0.4, -0.2) is 23.2 Å². The zero-order valence-corrected chi connectivity index (χ0v) is 8.93. The van der Waals surface area contributed by atoms with Crippen molar-refractivity contribution >= 4 is 5.97 Å². The van der Waals surface area contributed by atoms with E-state index < -0.39 is 5.97 Å². The van der Waals surface area contributed by atoms with E-state index in [-0.39, 0.29) is 12.3 Å². The third-order valence-corrected chi connectivity index (χ3v) is 2.19. The van der Waals surface area contributed by atoms with Crippen LogP contribution in [0.1, 0.15) is 30.5 Å². The summed E-state index contributed by atoms with van der Waals surface area (Å²) in [6.45, 7) is 2.36. The molecule has 0 aliphatic rings. The summed E-state index contributed by atoms with van der Waals surface area (Å²) >= 11 is 0. The second-order valence-corrected chi connectivity index (χ2v) is 3.51. The summed E-state index contributed by atoms with van der Waals surface area (Å²) in [6.07, 6.45) is 1.84. The molecular formula is C11H15NO3. The van der Waals surface area contributed by atoms with Gasteiger partial charge in [-0.3, -0.25) is 9.78 Å². The standard InChI is InChI=1S/C11H15NO3/c1-8(5-11(13)14)9-3-4-10(7-15-2)12-6-9/h3-4,6,8H,5,7H2,1-2H3,(H,13,14). The molecular weight excluding hydrogens is 194 g/mol. The lowest BCUT2D eigenvalue weighted by Crippen LogP contribution is -2.03. The number of aromatic nitrogens is 1. The highest BCUT2D eigenvalue weighted by Crippen LogP contribution is 2.18. The van der Waals surface area contributed by atoms with Crippen molar-refractivity contribution in [2.75, 3.05) is 7.11 Å². The second kappa shape index (κ2) is 5.46. The Balaban J connectivity index is 2.66. The van der Waals surface area contributed by atoms with Crippen molar-refractivity contribution in [3.05, 3.63) is 29.6 Å². The molecule has 15 heavy (non-hydrogen) atoms. The van der Waals surface area contributed by atoms with E-state index >= 15 is 0 Å². The maximum Gasteiger partial charge on any atom is 0.303 e. The number of nitrogens with zero attached hydrogens (tertiary/aromatic N) is 1. The maximum absolute atomic E-state index is 10.5. The number of hydrogen-bond donors (Lipinski definition) is 1. The van der Waals surface area contributed by atoms with Crippen LogP contribution in [0.2, 0.25) is 0 Å². The number of hydrogen-bond acceptors (Lipinski definition) is 3. The first-order chi connectivity index (χ1) is 7.13. The maximum atomic E-state index is 10.5. The summed E-state index contributed by atoms with van der Waals surface area (Å²) < 4.78 is 4.94. The molecule has 0 bridgehead atoms. The molecule has 1 N–H and O–H groups in total. The largest absolute Gasteiger partial charge is 0.481 e. The second-order valence-electron chi connectivity index (χ2n) is 3.51. The van der Waals surface area contributed by atoms with Gasteiger partial charge in [0.25, 0.3) is 0 Å². The molecule has 1 heterocycles. The van der Waals surface area contributed by atoms with Crippen molar-refractivity contribution in [1.29, 1.82) is 0 Å². The van der Waals surface area contributed by atoms with E-state index in [9.17, 15) is 4.79 Å². The molecule has 0 radical (unpaired) electrons. The molecule has 1 atom stereocenters. The summed E-state index contributed by atoms with van der Waals surface area (Å²) in [7, 11) is 1.61. The predicted molar refractivity (Wildman–Crippen MR) is 55.6 cm³/mol. The van der Waals surface area contributed by atoms with Gasteiger partial charge >= 0.3 is 5.97 Å². The first-order valence-corrected chi connectivity index (χ1v) is 4.79. The van der Waals surface area contributed by atoms with Crippen molar-refractivity contribution < 1.29 is 14.6 Å². The summed E-state index contributed by atoms with van der Waals surface area (Å²) in [4.78, 5) is 14.7. The fraction of sp³-hybridized carbons (Fsp3) is 0.455. The molecule has 4 heteroatoms. The van der Waals surface area contributed by atoms with E-state index in [1.807, 2.05) is 19.1 Å². The fourth-order valence-corrected chi connectivity index (χ4v) is 1.34. The van der Waals surface area contributed by atoms with Crippen LogP contribution >= 0.6 is 0 Å². The SMILES string of the molecule is COCc1ccc(C(C)CC(=O)O)cn1. The van der Waals surface area contributed by atoms with Gasteiger partial charge in [0, 0.05) is 13.3 Å². The van der Waals surface area contributed by atoms with Crippen LogP contribution in [0.3, 0.4) is 0 Å². The van der Waals surface area contributed by atoms with Gasteiger partial charge in [0.15, 0.2) is 0 Å². The normalized spacial score (nSPS) is 12.4. The Bertz CT molecular complexity index is 321. The summed E-state index contributed by atoms with van der Waals surface area (Å²) in [5, 5.41) is 8.64.